The molecule has 3 heterocycles. The molecule has 0 unspecified atom stereocenters. The van der Waals surface area contributed by atoms with E-state index in [-0.39, 0.29) is 18.2 Å². The summed E-state index contributed by atoms with van der Waals surface area (Å²) in [6.45, 7) is 0.350. The summed E-state index contributed by atoms with van der Waals surface area (Å²) in [4.78, 5) is 30.9. The number of para-hydroxylation sites is 1. The maximum Gasteiger partial charge on any atom is 0.230 e. The molecule has 0 radical (unpaired) electrons. The van der Waals surface area contributed by atoms with Crippen molar-refractivity contribution in [2.75, 3.05) is 16.8 Å². The van der Waals surface area contributed by atoms with Crippen LogP contribution in [0.15, 0.2) is 59.3 Å². The second-order valence-electron chi connectivity index (χ2n) is 6.62. The van der Waals surface area contributed by atoms with Gasteiger partial charge in [0, 0.05) is 48.5 Å². The molecule has 1 fully saturated rings. The van der Waals surface area contributed by atoms with E-state index in [9.17, 15) is 9.59 Å². The molecular weight excluding hydrogens is 422 g/mol. The molecule has 1 N–H and O–H groups in total. The Hall–Kier alpha value is -3.00. The zero-order valence-corrected chi connectivity index (χ0v) is 16.8. The monoisotopic (exact) mass is 439 g/mol. The molecule has 3 aromatic rings. The highest BCUT2D eigenvalue weighted by atomic mass is 79.9. The average molecular weight is 440 g/mol. The van der Waals surface area contributed by atoms with Crippen molar-refractivity contribution < 1.29 is 9.59 Å². The summed E-state index contributed by atoms with van der Waals surface area (Å²) in [5.41, 5.74) is 2.45. The van der Waals surface area contributed by atoms with Crippen molar-refractivity contribution in [1.29, 1.82) is 0 Å². The molecule has 2 amide bonds. The van der Waals surface area contributed by atoms with Gasteiger partial charge in [0.1, 0.15) is 5.82 Å². The van der Waals surface area contributed by atoms with Gasteiger partial charge in [0.05, 0.1) is 17.3 Å². The molecule has 0 bridgehead atoms. The third kappa shape index (κ3) is 3.55. The average Bonchev–Trinajstić information content (AvgIpc) is 3.26. The smallest absolute Gasteiger partial charge is 0.230 e. The van der Waals surface area contributed by atoms with Crippen LogP contribution in [0.25, 0.3) is 11.3 Å². The molecule has 0 saturated carbocycles. The van der Waals surface area contributed by atoms with Gasteiger partial charge in [-0.25, -0.2) is 0 Å². The highest BCUT2D eigenvalue weighted by Crippen LogP contribution is 2.32. The van der Waals surface area contributed by atoms with E-state index in [0.717, 1.165) is 21.4 Å². The molecule has 8 heteroatoms. The fraction of sp³-hybridized carbons (Fsp3) is 0.200. The van der Waals surface area contributed by atoms with E-state index >= 15 is 0 Å². The number of carbonyl (C=O) groups is 2. The molecule has 1 atom stereocenters. The van der Waals surface area contributed by atoms with Crippen molar-refractivity contribution in [3.63, 3.8) is 0 Å². The van der Waals surface area contributed by atoms with Gasteiger partial charge >= 0.3 is 0 Å². The first-order valence-corrected chi connectivity index (χ1v) is 9.62. The van der Waals surface area contributed by atoms with E-state index in [0.29, 0.717) is 12.4 Å². The number of halogens is 1. The van der Waals surface area contributed by atoms with Gasteiger partial charge in [0.25, 0.3) is 0 Å². The third-order valence-corrected chi connectivity index (χ3v) is 5.42. The number of hydrogen-bond acceptors (Lipinski definition) is 4. The minimum Gasteiger partial charge on any atom is -0.311 e. The Kier molecular flexibility index (Phi) is 4.95. The summed E-state index contributed by atoms with van der Waals surface area (Å²) >= 11 is 3.47. The molecule has 4 rings (SSSR count). The minimum atomic E-state index is -0.418. The second kappa shape index (κ2) is 7.55. The Morgan fingerprint density at radius 2 is 1.96 bits per heavy atom. The van der Waals surface area contributed by atoms with Crippen LogP contribution in [-0.4, -0.2) is 33.1 Å². The van der Waals surface area contributed by atoms with Gasteiger partial charge in [-0.1, -0.05) is 12.1 Å². The fourth-order valence-electron chi connectivity index (χ4n) is 3.26. The number of pyridine rings is 1. The lowest BCUT2D eigenvalue weighted by Gasteiger charge is -2.18. The van der Waals surface area contributed by atoms with Crippen molar-refractivity contribution in [2.45, 2.75) is 6.42 Å². The topological polar surface area (TPSA) is 80.1 Å². The standard InChI is InChI=1S/C20H18BrN5O2/c1-25-18(11-16(24-25)13-6-8-22-9-7-13)23-20(28)14-10-19(27)26(12-14)17-5-3-2-4-15(17)21/h2-9,11,14H,10,12H2,1H3,(H,23,28)/t14-/m1/s1. The maximum atomic E-state index is 12.8. The number of nitrogens with one attached hydrogen (secondary N) is 1. The largest absolute Gasteiger partial charge is 0.311 e. The number of hydrogen-bond donors (Lipinski definition) is 1. The van der Waals surface area contributed by atoms with Gasteiger partial charge in [-0.3, -0.25) is 19.3 Å². The van der Waals surface area contributed by atoms with Gasteiger partial charge in [0.2, 0.25) is 11.8 Å². The van der Waals surface area contributed by atoms with Crippen LogP contribution in [0.4, 0.5) is 11.5 Å². The molecule has 1 aromatic carbocycles. The molecule has 142 valence electrons. The normalized spacial score (nSPS) is 16.4. The quantitative estimate of drug-likeness (QED) is 0.676. The highest BCUT2D eigenvalue weighted by Gasteiger charge is 2.36. The third-order valence-electron chi connectivity index (χ3n) is 4.75. The lowest BCUT2D eigenvalue weighted by molar-refractivity contribution is -0.122. The lowest BCUT2D eigenvalue weighted by Crippen LogP contribution is -2.28. The van der Waals surface area contributed by atoms with Crippen molar-refractivity contribution in [2.24, 2.45) is 13.0 Å². The van der Waals surface area contributed by atoms with Gasteiger partial charge < -0.3 is 10.2 Å². The molecule has 2 aromatic heterocycles. The van der Waals surface area contributed by atoms with Gasteiger partial charge in [-0.15, -0.1) is 0 Å². The molecule has 7 nitrogen and oxygen atoms in total. The number of benzene rings is 1. The molecule has 1 aliphatic heterocycles. The Labute approximate surface area is 170 Å². The van der Waals surface area contributed by atoms with E-state index in [1.165, 1.54) is 0 Å². The Bertz CT molecular complexity index is 1030. The second-order valence-corrected chi connectivity index (χ2v) is 7.47. The van der Waals surface area contributed by atoms with Crippen molar-refractivity contribution in [3.8, 4) is 11.3 Å². The lowest BCUT2D eigenvalue weighted by atomic mass is 10.1. The molecular formula is C20H18BrN5O2. The van der Waals surface area contributed by atoms with E-state index < -0.39 is 5.92 Å². The minimum absolute atomic E-state index is 0.0606. The Morgan fingerprint density at radius 3 is 2.71 bits per heavy atom. The SMILES string of the molecule is Cn1nc(-c2ccncc2)cc1NC(=O)[C@@H]1CC(=O)N(c2ccccc2Br)C1. The molecule has 0 spiro atoms. The van der Waals surface area contributed by atoms with Gasteiger partial charge in [-0.2, -0.15) is 5.10 Å². The van der Waals surface area contributed by atoms with Gasteiger partial charge in [0.15, 0.2) is 0 Å². The molecule has 1 saturated heterocycles. The highest BCUT2D eigenvalue weighted by molar-refractivity contribution is 9.10. The predicted molar refractivity (Wildman–Crippen MR) is 110 cm³/mol. The number of nitrogens with zero attached hydrogens (tertiary/aromatic N) is 4. The van der Waals surface area contributed by atoms with E-state index in [1.54, 1.807) is 29.0 Å². The molecule has 28 heavy (non-hydrogen) atoms. The number of aromatic nitrogens is 3. The van der Waals surface area contributed by atoms with Crippen molar-refractivity contribution in [3.05, 3.63) is 59.3 Å². The van der Waals surface area contributed by atoms with Crippen LogP contribution in [0.1, 0.15) is 6.42 Å². The van der Waals surface area contributed by atoms with E-state index in [2.05, 4.69) is 31.3 Å². The van der Waals surface area contributed by atoms with Crippen LogP contribution in [-0.2, 0) is 16.6 Å². The summed E-state index contributed by atoms with van der Waals surface area (Å²) < 4.78 is 2.45. The number of aryl methyl sites for hydroxylation is 1. The number of anilines is 2. The van der Waals surface area contributed by atoms with Crippen LogP contribution in [0.5, 0.6) is 0 Å². The van der Waals surface area contributed by atoms with Crippen LogP contribution < -0.4 is 10.2 Å². The fourth-order valence-corrected chi connectivity index (χ4v) is 3.76. The number of amides is 2. The summed E-state index contributed by atoms with van der Waals surface area (Å²) in [5.74, 6) is -0.0794. The molecule has 1 aliphatic rings. The van der Waals surface area contributed by atoms with Gasteiger partial charge in [-0.05, 0) is 40.2 Å². The first-order valence-electron chi connectivity index (χ1n) is 8.83. The van der Waals surface area contributed by atoms with Crippen LogP contribution in [0.3, 0.4) is 0 Å². The van der Waals surface area contributed by atoms with Crippen molar-refractivity contribution in [1.82, 2.24) is 14.8 Å². The first kappa shape index (κ1) is 18.4. The van der Waals surface area contributed by atoms with E-state index in [1.807, 2.05) is 42.5 Å². The zero-order valence-electron chi connectivity index (χ0n) is 15.2. The Balaban J connectivity index is 1.48. The summed E-state index contributed by atoms with van der Waals surface area (Å²) in [7, 11) is 1.77. The van der Waals surface area contributed by atoms with Crippen molar-refractivity contribution >= 4 is 39.2 Å². The van der Waals surface area contributed by atoms with Crippen LogP contribution in [0, 0.1) is 5.92 Å². The van der Waals surface area contributed by atoms with E-state index in [4.69, 9.17) is 0 Å². The molecule has 0 aliphatic carbocycles. The summed E-state index contributed by atoms with van der Waals surface area (Å²) in [6, 6.07) is 13.0. The predicted octanol–water partition coefficient (Wildman–Crippen LogP) is 3.24. The van der Waals surface area contributed by atoms with Crippen LogP contribution >= 0.6 is 15.9 Å². The summed E-state index contributed by atoms with van der Waals surface area (Å²) in [5, 5.41) is 7.35. The summed E-state index contributed by atoms with van der Waals surface area (Å²) in [6.07, 6.45) is 3.58. The maximum absolute atomic E-state index is 12.8. The zero-order chi connectivity index (χ0) is 19.7. The number of carbonyl (C=O) groups excluding carboxylic acids is 2. The first-order chi connectivity index (χ1) is 13.5. The van der Waals surface area contributed by atoms with Crippen LogP contribution in [0.2, 0.25) is 0 Å². The number of rotatable bonds is 4. The Morgan fingerprint density at radius 1 is 1.21 bits per heavy atom.